The van der Waals surface area contributed by atoms with E-state index in [1.807, 2.05) is 25.1 Å². The summed E-state index contributed by atoms with van der Waals surface area (Å²) >= 11 is 6.15. The van der Waals surface area contributed by atoms with Crippen molar-refractivity contribution in [3.8, 4) is 5.75 Å². The van der Waals surface area contributed by atoms with Crippen molar-refractivity contribution in [2.75, 3.05) is 50.9 Å². The van der Waals surface area contributed by atoms with E-state index in [9.17, 15) is 0 Å². The molecule has 0 bridgehead atoms. The van der Waals surface area contributed by atoms with Crippen LogP contribution in [0.1, 0.15) is 6.92 Å². The molecule has 0 saturated carbocycles. The van der Waals surface area contributed by atoms with Crippen LogP contribution in [0.5, 0.6) is 5.75 Å². The second kappa shape index (κ2) is 7.58. The van der Waals surface area contributed by atoms with Crippen molar-refractivity contribution in [2.45, 2.75) is 6.92 Å². The summed E-state index contributed by atoms with van der Waals surface area (Å²) in [6, 6.07) is 5.96. The maximum Gasteiger partial charge on any atom is 0.140 e. The molecule has 0 radical (unpaired) electrons. The van der Waals surface area contributed by atoms with Crippen molar-refractivity contribution >= 4 is 17.3 Å². The average molecular weight is 285 g/mol. The lowest BCUT2D eigenvalue weighted by atomic mass is 10.2. The maximum atomic E-state index is 6.15. The van der Waals surface area contributed by atoms with Crippen molar-refractivity contribution in [3.63, 3.8) is 0 Å². The largest absolute Gasteiger partial charge is 0.490 e. The van der Waals surface area contributed by atoms with Crippen LogP contribution in [0.25, 0.3) is 0 Å². The van der Waals surface area contributed by atoms with Gasteiger partial charge in [0, 0.05) is 44.5 Å². The molecule has 19 heavy (non-hydrogen) atoms. The van der Waals surface area contributed by atoms with E-state index in [0.29, 0.717) is 24.8 Å². The Bertz CT molecular complexity index is 395. The van der Waals surface area contributed by atoms with Gasteiger partial charge >= 0.3 is 0 Å². The highest BCUT2D eigenvalue weighted by molar-refractivity contribution is 6.32. The fraction of sp³-hybridized carbons (Fsp3) is 0.571. The van der Waals surface area contributed by atoms with E-state index in [1.54, 1.807) is 0 Å². The standard InChI is InChI=1S/C14H21ClN2O2/c1-2-18-9-10-19-14-11-12(3-4-13(14)15)17-7-5-16-6-8-17/h3-4,11,16H,2,5-10H2,1H3. The normalized spacial score (nSPS) is 15.6. The first-order valence-electron chi connectivity index (χ1n) is 6.77. The Morgan fingerprint density at radius 2 is 2.05 bits per heavy atom. The van der Waals surface area contributed by atoms with Crippen LogP contribution in [0.3, 0.4) is 0 Å². The van der Waals surface area contributed by atoms with Crippen molar-refractivity contribution < 1.29 is 9.47 Å². The van der Waals surface area contributed by atoms with E-state index in [1.165, 1.54) is 0 Å². The first-order valence-corrected chi connectivity index (χ1v) is 7.15. The first kappa shape index (κ1) is 14.4. The van der Waals surface area contributed by atoms with E-state index in [4.69, 9.17) is 21.1 Å². The first-order chi connectivity index (χ1) is 9.31. The minimum Gasteiger partial charge on any atom is -0.490 e. The van der Waals surface area contributed by atoms with Crippen LogP contribution < -0.4 is 15.0 Å². The van der Waals surface area contributed by atoms with Crippen molar-refractivity contribution in [1.29, 1.82) is 0 Å². The number of ether oxygens (including phenoxy) is 2. The van der Waals surface area contributed by atoms with Gasteiger partial charge in [0.05, 0.1) is 11.6 Å². The van der Waals surface area contributed by atoms with Gasteiger partial charge in [0.1, 0.15) is 12.4 Å². The number of rotatable bonds is 6. The van der Waals surface area contributed by atoms with Gasteiger partial charge in [0.25, 0.3) is 0 Å². The summed E-state index contributed by atoms with van der Waals surface area (Å²) in [7, 11) is 0. The Hall–Kier alpha value is -0.970. The summed E-state index contributed by atoms with van der Waals surface area (Å²) in [5.74, 6) is 0.734. The number of nitrogens with zero attached hydrogens (tertiary/aromatic N) is 1. The van der Waals surface area contributed by atoms with Crippen LogP contribution in [-0.4, -0.2) is 46.0 Å². The van der Waals surface area contributed by atoms with Gasteiger partial charge in [0.2, 0.25) is 0 Å². The molecule has 0 atom stereocenters. The molecule has 2 rings (SSSR count). The number of hydrogen-bond donors (Lipinski definition) is 1. The van der Waals surface area contributed by atoms with Crippen molar-refractivity contribution in [1.82, 2.24) is 5.32 Å². The monoisotopic (exact) mass is 284 g/mol. The lowest BCUT2D eigenvalue weighted by Gasteiger charge is -2.29. The third kappa shape index (κ3) is 4.27. The average Bonchev–Trinajstić information content (AvgIpc) is 2.46. The lowest BCUT2D eigenvalue weighted by molar-refractivity contribution is 0.110. The van der Waals surface area contributed by atoms with Gasteiger partial charge in [0.15, 0.2) is 0 Å². The summed E-state index contributed by atoms with van der Waals surface area (Å²) < 4.78 is 10.9. The number of hydrogen-bond acceptors (Lipinski definition) is 4. The molecule has 0 aliphatic carbocycles. The summed E-state index contributed by atoms with van der Waals surface area (Å²) in [5.41, 5.74) is 1.16. The fourth-order valence-corrected chi connectivity index (χ4v) is 2.25. The van der Waals surface area contributed by atoms with Crippen LogP contribution >= 0.6 is 11.6 Å². The minimum atomic E-state index is 0.526. The van der Waals surface area contributed by atoms with Crippen LogP contribution in [0.15, 0.2) is 18.2 Å². The third-order valence-electron chi connectivity index (χ3n) is 3.09. The number of halogens is 1. The predicted molar refractivity (Wildman–Crippen MR) is 78.5 cm³/mol. The Morgan fingerprint density at radius 3 is 2.79 bits per heavy atom. The summed E-state index contributed by atoms with van der Waals surface area (Å²) in [6.45, 7) is 7.85. The predicted octanol–water partition coefficient (Wildman–Crippen LogP) is 2.16. The van der Waals surface area contributed by atoms with Gasteiger partial charge in [-0.15, -0.1) is 0 Å². The molecular formula is C14H21ClN2O2. The van der Waals surface area contributed by atoms with Crippen LogP contribution in [0, 0.1) is 0 Å². The molecule has 1 fully saturated rings. The molecule has 0 amide bonds. The van der Waals surface area contributed by atoms with Gasteiger partial charge in [-0.2, -0.15) is 0 Å². The quantitative estimate of drug-likeness (QED) is 0.812. The van der Waals surface area contributed by atoms with Gasteiger partial charge in [-0.3, -0.25) is 0 Å². The summed E-state index contributed by atoms with van der Waals surface area (Å²) in [4.78, 5) is 2.34. The van der Waals surface area contributed by atoms with E-state index in [0.717, 1.165) is 37.6 Å². The maximum absolute atomic E-state index is 6.15. The van der Waals surface area contributed by atoms with Crippen LogP contribution in [-0.2, 0) is 4.74 Å². The molecule has 4 nitrogen and oxygen atoms in total. The number of benzene rings is 1. The SMILES string of the molecule is CCOCCOc1cc(N2CCNCC2)ccc1Cl. The Labute approximate surface area is 119 Å². The topological polar surface area (TPSA) is 33.7 Å². The third-order valence-corrected chi connectivity index (χ3v) is 3.40. The molecule has 5 heteroatoms. The molecular weight excluding hydrogens is 264 g/mol. The smallest absolute Gasteiger partial charge is 0.140 e. The molecule has 1 aromatic carbocycles. The van der Waals surface area contributed by atoms with Gasteiger partial charge < -0.3 is 19.7 Å². The van der Waals surface area contributed by atoms with E-state index in [-0.39, 0.29) is 0 Å². The van der Waals surface area contributed by atoms with Crippen LogP contribution in [0.2, 0.25) is 5.02 Å². The zero-order chi connectivity index (χ0) is 13.5. The van der Waals surface area contributed by atoms with Crippen LogP contribution in [0.4, 0.5) is 5.69 Å². The second-order valence-corrected chi connectivity index (χ2v) is 4.80. The molecule has 1 heterocycles. The van der Waals surface area contributed by atoms with Crippen molar-refractivity contribution in [3.05, 3.63) is 23.2 Å². The molecule has 1 saturated heterocycles. The highest BCUT2D eigenvalue weighted by atomic mass is 35.5. The molecule has 0 unspecified atom stereocenters. The minimum absolute atomic E-state index is 0.526. The number of nitrogens with one attached hydrogen (secondary N) is 1. The van der Waals surface area contributed by atoms with Gasteiger partial charge in [-0.05, 0) is 19.1 Å². The molecule has 106 valence electrons. The summed E-state index contributed by atoms with van der Waals surface area (Å²) in [5, 5.41) is 3.99. The Kier molecular flexibility index (Phi) is 5.76. The molecule has 1 aliphatic rings. The summed E-state index contributed by atoms with van der Waals surface area (Å²) in [6.07, 6.45) is 0. The van der Waals surface area contributed by atoms with Gasteiger partial charge in [-0.25, -0.2) is 0 Å². The van der Waals surface area contributed by atoms with Gasteiger partial charge in [-0.1, -0.05) is 11.6 Å². The molecule has 0 spiro atoms. The van der Waals surface area contributed by atoms with E-state index < -0.39 is 0 Å². The second-order valence-electron chi connectivity index (χ2n) is 4.40. The molecule has 1 N–H and O–H groups in total. The molecule has 1 aromatic rings. The molecule has 1 aliphatic heterocycles. The number of anilines is 1. The fourth-order valence-electron chi connectivity index (χ4n) is 2.08. The highest BCUT2D eigenvalue weighted by Gasteiger charge is 2.12. The lowest BCUT2D eigenvalue weighted by Crippen LogP contribution is -2.43. The Morgan fingerprint density at radius 1 is 1.26 bits per heavy atom. The zero-order valence-corrected chi connectivity index (χ0v) is 12.1. The zero-order valence-electron chi connectivity index (χ0n) is 11.3. The van der Waals surface area contributed by atoms with E-state index >= 15 is 0 Å². The Balaban J connectivity index is 1.97. The molecule has 0 aromatic heterocycles. The van der Waals surface area contributed by atoms with Crippen molar-refractivity contribution in [2.24, 2.45) is 0 Å². The highest BCUT2D eigenvalue weighted by Crippen LogP contribution is 2.29. The number of piperazine rings is 1. The van der Waals surface area contributed by atoms with E-state index in [2.05, 4.69) is 10.2 Å².